The summed E-state index contributed by atoms with van der Waals surface area (Å²) in [7, 11) is 0. The maximum Gasteiger partial charge on any atom is 0.326 e. The Balaban J connectivity index is 0.00000260. The minimum absolute atomic E-state index is 0.00272. The summed E-state index contributed by atoms with van der Waals surface area (Å²) in [5.41, 5.74) is 12.8. The zero-order chi connectivity index (χ0) is 58.9. The van der Waals surface area contributed by atoms with Gasteiger partial charge in [0.1, 0.15) is 60.7 Å². The summed E-state index contributed by atoms with van der Waals surface area (Å²) in [5, 5.41) is 61.1. The van der Waals surface area contributed by atoms with Crippen molar-refractivity contribution in [1.29, 1.82) is 5.41 Å². The number of carbonyl (C=O) groups excluding carboxylic acids is 7. The van der Waals surface area contributed by atoms with E-state index < -0.39 is 120 Å². The highest BCUT2D eigenvalue weighted by Gasteiger charge is 2.41. The van der Waals surface area contributed by atoms with Crippen LogP contribution in [-0.4, -0.2) is 166 Å². The van der Waals surface area contributed by atoms with Gasteiger partial charge in [-0.2, -0.15) is 5.10 Å². The molecule has 0 aliphatic carbocycles. The number of phenols is 1. The number of aromatic nitrogens is 5. The van der Waals surface area contributed by atoms with Crippen LogP contribution >= 0.6 is 0 Å². The summed E-state index contributed by atoms with van der Waals surface area (Å²) in [6.45, 7) is 6.96. The third-order valence-electron chi connectivity index (χ3n) is 13.1. The highest BCUT2D eigenvalue weighted by Crippen LogP contribution is 2.21. The average molecular weight is 1120 g/mol. The van der Waals surface area contributed by atoms with Gasteiger partial charge < -0.3 is 73.9 Å². The smallest absolute Gasteiger partial charge is 0.326 e. The van der Waals surface area contributed by atoms with Gasteiger partial charge in [0.2, 0.25) is 41.4 Å². The number of aromatic hydroxyl groups is 1. The van der Waals surface area contributed by atoms with Gasteiger partial charge in [0.05, 0.1) is 18.8 Å². The number of hydrogen-bond donors (Lipinski definition) is 15. The van der Waals surface area contributed by atoms with Crippen LogP contribution in [0.4, 0.5) is 0 Å². The quantitative estimate of drug-likeness (QED) is 0.0171. The van der Waals surface area contributed by atoms with Crippen LogP contribution in [0.2, 0.25) is 0 Å². The van der Waals surface area contributed by atoms with Gasteiger partial charge in [0.25, 0.3) is 0 Å². The van der Waals surface area contributed by atoms with Crippen LogP contribution in [0.15, 0.2) is 79.8 Å². The largest absolute Gasteiger partial charge is 0.508 e. The average Bonchev–Trinajstić information content (AvgIpc) is 4.30. The molecule has 2 aromatic carbocycles. The first-order valence-corrected chi connectivity index (χ1v) is 26.1. The zero-order valence-corrected chi connectivity index (χ0v) is 45.0. The number of H-pyrrole nitrogens is 2. The van der Waals surface area contributed by atoms with Crippen molar-refractivity contribution >= 4 is 59.2 Å². The van der Waals surface area contributed by atoms with Crippen LogP contribution in [0.1, 0.15) is 83.0 Å². The number of imidazole rings is 1. The second-order valence-corrected chi connectivity index (χ2v) is 19.6. The van der Waals surface area contributed by atoms with Gasteiger partial charge in [0, 0.05) is 44.2 Å². The van der Waals surface area contributed by atoms with Crippen molar-refractivity contribution in [3.63, 3.8) is 0 Å². The number of aromatic amines is 2. The van der Waals surface area contributed by atoms with Crippen LogP contribution in [0, 0.1) is 17.2 Å². The van der Waals surface area contributed by atoms with E-state index in [9.17, 15) is 53.4 Å². The van der Waals surface area contributed by atoms with Crippen molar-refractivity contribution in [1.82, 2.24) is 67.3 Å². The number of carboxylic acids is 2. The molecule has 1 aliphatic rings. The van der Waals surface area contributed by atoms with Gasteiger partial charge in [-0.15, -0.1) is 0 Å². The Morgan fingerprint density at radius 3 is 1.95 bits per heavy atom. The number of benzene rings is 2. The van der Waals surface area contributed by atoms with Crippen LogP contribution in [0.5, 0.6) is 5.75 Å². The van der Waals surface area contributed by atoms with Crippen molar-refractivity contribution in [3.05, 3.63) is 96.6 Å². The van der Waals surface area contributed by atoms with Gasteiger partial charge >= 0.3 is 11.9 Å². The van der Waals surface area contributed by atoms with Gasteiger partial charge in [-0.3, -0.25) is 48.9 Å². The molecule has 28 heteroatoms. The predicted molar refractivity (Wildman–Crippen MR) is 288 cm³/mol. The highest BCUT2D eigenvalue weighted by molar-refractivity contribution is 5.98. The minimum Gasteiger partial charge on any atom is -0.508 e. The van der Waals surface area contributed by atoms with Crippen LogP contribution in [0.3, 0.4) is 0 Å². The van der Waals surface area contributed by atoms with E-state index in [4.69, 9.17) is 22.0 Å². The molecule has 4 aromatic rings. The van der Waals surface area contributed by atoms with Crippen molar-refractivity contribution in [2.75, 3.05) is 13.1 Å². The second kappa shape index (κ2) is 32.1. The van der Waals surface area contributed by atoms with E-state index in [1.54, 1.807) is 58.0 Å². The number of guanidine groups is 1. The van der Waals surface area contributed by atoms with Crippen molar-refractivity contribution < 1.29 is 58.5 Å². The molecule has 0 radical (unpaired) electrons. The second-order valence-electron chi connectivity index (χ2n) is 19.6. The Kier molecular flexibility index (Phi) is 25.5. The number of rotatable bonds is 29. The maximum atomic E-state index is 14.6. The molecule has 434 valence electrons. The Hall–Kier alpha value is -8.95. The number of carboxylic acid groups (broad SMARTS) is 2. The lowest BCUT2D eigenvalue weighted by Crippen LogP contribution is -2.62. The number of nitrogens with one attached hydrogen (secondary N) is 10. The molecule has 0 saturated carbocycles. The molecule has 7 amide bonds. The zero-order valence-electron chi connectivity index (χ0n) is 45.0. The topological polar surface area (TPSA) is 448 Å². The molecule has 0 unspecified atom stereocenters. The Labute approximate surface area is 461 Å². The molecule has 1 fully saturated rings. The molecule has 17 N–H and O–H groups in total. The van der Waals surface area contributed by atoms with Gasteiger partial charge in [0.15, 0.2) is 5.96 Å². The molecule has 80 heavy (non-hydrogen) atoms. The summed E-state index contributed by atoms with van der Waals surface area (Å²) >= 11 is 0. The van der Waals surface area contributed by atoms with E-state index in [0.717, 1.165) is 0 Å². The standard InChI is InChI=1S/C50H71N13O12.C2H3N3/c1-5-28(4)41(47(72)59-36(23-31-25-54-26-56-31)48(73)63-20-10-14-38(63)45(70)60-37(49(74)75)22-29-11-7-6-8-12-29)62-44(69)35(21-30-15-17-32(64)18-16-30)58-46(71)40(27(2)3)61-43(68)34(13-9-19-55-50(52)53)57-42(67)33(51)24-39(65)66;1-3-2-5-4-1/h6-8,11-12,15-18,25-28,33-38,40-41,64H,5,9-10,13-14,19-24,51H2,1-4H3,(H,54,56)(H,57,67)(H,58,71)(H,59,72)(H,60,70)(H,61,68)(H,62,69)(H,65,66)(H,74,75)(H4,52,53,55);1-2H,(H,3,4,5)/t28-,33-,34-,35-,36-,37-,38-,40-,41-;/m0./s1. The summed E-state index contributed by atoms with van der Waals surface area (Å²) in [6, 6.07) is 3.94. The Bertz CT molecular complexity index is 2640. The fourth-order valence-electron chi connectivity index (χ4n) is 8.51. The van der Waals surface area contributed by atoms with E-state index in [2.05, 4.69) is 62.4 Å². The Morgan fingerprint density at radius 2 is 1.38 bits per heavy atom. The number of carbonyl (C=O) groups is 9. The third kappa shape index (κ3) is 20.8. The number of phenolic OH excluding ortho intramolecular Hbond substituents is 1. The van der Waals surface area contributed by atoms with Crippen LogP contribution in [0.25, 0.3) is 0 Å². The number of amides is 7. The molecule has 3 heterocycles. The lowest BCUT2D eigenvalue weighted by Gasteiger charge is -2.32. The van der Waals surface area contributed by atoms with E-state index in [0.29, 0.717) is 29.7 Å². The van der Waals surface area contributed by atoms with Crippen molar-refractivity contribution in [2.24, 2.45) is 23.3 Å². The van der Waals surface area contributed by atoms with Crippen LogP contribution in [-0.2, 0) is 62.4 Å². The summed E-state index contributed by atoms with van der Waals surface area (Å²) in [6.07, 6.45) is 5.89. The van der Waals surface area contributed by atoms with Crippen molar-refractivity contribution in [2.45, 2.75) is 134 Å². The predicted octanol–water partition coefficient (Wildman–Crippen LogP) is -1.30. The minimum atomic E-state index is -1.51. The van der Waals surface area contributed by atoms with Crippen LogP contribution < -0.4 is 48.7 Å². The highest BCUT2D eigenvalue weighted by atomic mass is 16.4. The lowest BCUT2D eigenvalue weighted by atomic mass is 9.96. The molecule has 1 aliphatic heterocycles. The molecule has 2 aromatic heterocycles. The number of nitrogens with two attached hydrogens (primary N) is 2. The summed E-state index contributed by atoms with van der Waals surface area (Å²) in [4.78, 5) is 134. The third-order valence-corrected chi connectivity index (χ3v) is 13.1. The van der Waals surface area contributed by atoms with E-state index in [1.165, 1.54) is 54.3 Å². The molecule has 28 nitrogen and oxygen atoms in total. The molecule has 0 bridgehead atoms. The first-order valence-electron chi connectivity index (χ1n) is 26.1. The van der Waals surface area contributed by atoms with Crippen molar-refractivity contribution in [3.8, 4) is 5.75 Å². The molecule has 9 atom stereocenters. The summed E-state index contributed by atoms with van der Waals surface area (Å²) in [5.74, 6) is -9.79. The fourth-order valence-corrected chi connectivity index (χ4v) is 8.51. The number of aliphatic carboxylic acids is 2. The SMILES string of the molecule is CC[C@H](C)[C@H](NC(=O)[C@H](Cc1ccc(O)cc1)NC(=O)[C@@H](NC(=O)[C@H](CCCNC(=N)N)NC(=O)[C@@H](N)CC(=O)O)C(C)C)C(=O)N[C@@H](Cc1cnc[nH]1)C(=O)N1CCC[C@H]1C(=O)N[C@@H](Cc1ccccc1)C(=O)O.c1nc[nH]n1. The molecule has 0 spiro atoms. The lowest BCUT2D eigenvalue weighted by molar-refractivity contribution is -0.145. The molecular weight excluding hydrogens is 1040 g/mol. The first-order chi connectivity index (χ1) is 38.1. The Morgan fingerprint density at radius 1 is 0.750 bits per heavy atom. The molecular formula is C52H74N16O12. The normalized spacial score (nSPS) is 15.8. The van der Waals surface area contributed by atoms with E-state index in [1.807, 2.05) is 0 Å². The van der Waals surface area contributed by atoms with Gasteiger partial charge in [-0.25, -0.2) is 14.8 Å². The van der Waals surface area contributed by atoms with E-state index in [-0.39, 0.29) is 63.3 Å². The molecule has 5 rings (SSSR count). The monoisotopic (exact) mass is 1110 g/mol. The first kappa shape index (κ1) is 63.6. The number of hydrogen-bond acceptors (Lipinski definition) is 15. The number of likely N-dealkylation sites (tertiary alicyclic amines) is 1. The fraction of sp³-hybridized carbons (Fsp3) is 0.481. The molecule has 1 saturated heterocycles. The van der Waals surface area contributed by atoms with Gasteiger partial charge in [-0.1, -0.05) is 76.6 Å². The van der Waals surface area contributed by atoms with E-state index >= 15 is 0 Å². The number of nitrogens with zero attached hydrogens (tertiary/aromatic N) is 4. The summed E-state index contributed by atoms with van der Waals surface area (Å²) < 4.78 is 0. The maximum absolute atomic E-state index is 14.6. The van der Waals surface area contributed by atoms with Gasteiger partial charge in [-0.05, 0) is 60.8 Å².